The van der Waals surface area contributed by atoms with E-state index in [2.05, 4.69) is 5.32 Å². The lowest BCUT2D eigenvalue weighted by Gasteiger charge is -2.07. The Morgan fingerprint density at radius 3 is 2.89 bits per heavy atom. The average molecular weight is 268 g/mol. The molecule has 18 heavy (non-hydrogen) atoms. The summed E-state index contributed by atoms with van der Waals surface area (Å²) in [4.78, 5) is 21.6. The first-order valence-electron chi connectivity index (χ1n) is 5.89. The third-order valence-electron chi connectivity index (χ3n) is 2.98. The molecule has 0 fully saturated rings. The van der Waals surface area contributed by atoms with Crippen LogP contribution >= 0.6 is 11.6 Å². The normalized spacial score (nSPS) is 13.3. The van der Waals surface area contributed by atoms with E-state index in [1.54, 1.807) is 6.07 Å². The van der Waals surface area contributed by atoms with Gasteiger partial charge in [-0.3, -0.25) is 9.59 Å². The highest BCUT2D eigenvalue weighted by molar-refractivity contribution is 6.31. The summed E-state index contributed by atoms with van der Waals surface area (Å²) in [6.45, 7) is 0. The van der Waals surface area contributed by atoms with Crippen molar-refractivity contribution in [2.24, 2.45) is 0 Å². The number of nitrogens with one attached hydrogen (secondary N) is 1. The SMILES string of the molecule is O=C(O)CCCCc1cc2c(cc1Cl)NC(=O)C2. The van der Waals surface area contributed by atoms with Gasteiger partial charge in [0.2, 0.25) is 5.91 Å². The van der Waals surface area contributed by atoms with Crippen LogP contribution in [0.25, 0.3) is 0 Å². The van der Waals surface area contributed by atoms with Crippen LogP contribution in [0.1, 0.15) is 30.4 Å². The van der Waals surface area contributed by atoms with Crippen LogP contribution in [-0.4, -0.2) is 17.0 Å². The minimum atomic E-state index is -0.773. The number of amides is 1. The van der Waals surface area contributed by atoms with E-state index in [0.29, 0.717) is 17.9 Å². The van der Waals surface area contributed by atoms with Crippen LogP contribution in [0.2, 0.25) is 5.02 Å². The molecular formula is C13H14ClNO3. The van der Waals surface area contributed by atoms with Crippen LogP contribution in [-0.2, 0) is 22.4 Å². The summed E-state index contributed by atoms with van der Waals surface area (Å²) in [6, 6.07) is 3.71. The largest absolute Gasteiger partial charge is 0.481 e. The van der Waals surface area contributed by atoms with Gasteiger partial charge >= 0.3 is 5.97 Å². The second-order valence-corrected chi connectivity index (χ2v) is 4.83. The van der Waals surface area contributed by atoms with Crippen molar-refractivity contribution in [1.82, 2.24) is 0 Å². The minimum absolute atomic E-state index is 0.0101. The first-order valence-corrected chi connectivity index (χ1v) is 6.27. The lowest BCUT2D eigenvalue weighted by Crippen LogP contribution is -2.03. The standard InChI is InChI=1S/C13H14ClNO3/c14-10-7-11-9(6-12(16)15-11)5-8(10)3-1-2-4-13(17)18/h5,7H,1-4,6H2,(H,15,16)(H,17,18). The highest BCUT2D eigenvalue weighted by Gasteiger charge is 2.19. The maximum atomic E-state index is 11.2. The van der Waals surface area contributed by atoms with E-state index in [1.807, 2.05) is 6.07 Å². The molecular weight excluding hydrogens is 254 g/mol. The predicted octanol–water partition coefficient (Wildman–Crippen LogP) is 2.63. The number of aliphatic carboxylic acids is 1. The van der Waals surface area contributed by atoms with Crippen LogP contribution in [0.3, 0.4) is 0 Å². The van der Waals surface area contributed by atoms with E-state index in [4.69, 9.17) is 16.7 Å². The number of carboxylic acids is 1. The van der Waals surface area contributed by atoms with Gasteiger partial charge in [-0.2, -0.15) is 0 Å². The third kappa shape index (κ3) is 3.01. The van der Waals surface area contributed by atoms with Gasteiger partial charge < -0.3 is 10.4 Å². The van der Waals surface area contributed by atoms with Crippen LogP contribution in [0.5, 0.6) is 0 Å². The van der Waals surface area contributed by atoms with E-state index in [9.17, 15) is 9.59 Å². The summed E-state index contributed by atoms with van der Waals surface area (Å²) < 4.78 is 0. The Morgan fingerprint density at radius 2 is 2.17 bits per heavy atom. The summed E-state index contributed by atoms with van der Waals surface area (Å²) in [5, 5.41) is 11.9. The smallest absolute Gasteiger partial charge is 0.303 e. The van der Waals surface area contributed by atoms with Crippen molar-refractivity contribution in [3.63, 3.8) is 0 Å². The van der Waals surface area contributed by atoms with Crippen molar-refractivity contribution in [2.75, 3.05) is 5.32 Å². The number of hydrogen-bond acceptors (Lipinski definition) is 2. The van der Waals surface area contributed by atoms with Crippen molar-refractivity contribution in [3.05, 3.63) is 28.3 Å². The Kier molecular flexibility index (Phi) is 3.87. The lowest BCUT2D eigenvalue weighted by atomic mass is 10.0. The van der Waals surface area contributed by atoms with Crippen LogP contribution in [0.4, 0.5) is 5.69 Å². The molecule has 0 bridgehead atoms. The number of benzene rings is 1. The molecule has 0 saturated heterocycles. The summed E-state index contributed by atoms with van der Waals surface area (Å²) in [5.74, 6) is -0.783. The molecule has 1 aliphatic rings. The zero-order valence-corrected chi connectivity index (χ0v) is 10.6. The minimum Gasteiger partial charge on any atom is -0.481 e. The number of carbonyl (C=O) groups is 2. The van der Waals surface area contributed by atoms with Gasteiger partial charge in [0, 0.05) is 17.1 Å². The molecule has 5 heteroatoms. The predicted molar refractivity (Wildman–Crippen MR) is 69.0 cm³/mol. The Balaban J connectivity index is 1.99. The summed E-state index contributed by atoms with van der Waals surface area (Å²) in [6.07, 6.45) is 2.75. The second-order valence-electron chi connectivity index (χ2n) is 4.43. The van der Waals surface area contributed by atoms with E-state index < -0.39 is 5.97 Å². The highest BCUT2D eigenvalue weighted by Crippen LogP contribution is 2.30. The Bertz CT molecular complexity index is 499. The van der Waals surface area contributed by atoms with E-state index in [0.717, 1.165) is 29.7 Å². The Labute approximate surface area is 110 Å². The number of carbonyl (C=O) groups excluding carboxylic acids is 1. The van der Waals surface area contributed by atoms with Gasteiger partial charge in [-0.25, -0.2) is 0 Å². The van der Waals surface area contributed by atoms with Gasteiger partial charge in [-0.15, -0.1) is 0 Å². The fourth-order valence-corrected chi connectivity index (χ4v) is 2.34. The number of unbranched alkanes of at least 4 members (excludes halogenated alkanes) is 1. The molecule has 0 unspecified atom stereocenters. The first-order chi connectivity index (χ1) is 8.56. The van der Waals surface area contributed by atoms with Crippen LogP contribution in [0.15, 0.2) is 12.1 Å². The number of halogens is 1. The number of rotatable bonds is 5. The van der Waals surface area contributed by atoms with E-state index in [-0.39, 0.29) is 12.3 Å². The number of carboxylic acid groups (broad SMARTS) is 1. The van der Waals surface area contributed by atoms with E-state index >= 15 is 0 Å². The molecule has 2 N–H and O–H groups in total. The molecule has 0 spiro atoms. The molecule has 1 aromatic rings. The number of anilines is 1. The van der Waals surface area contributed by atoms with Gasteiger partial charge in [0.1, 0.15) is 0 Å². The van der Waals surface area contributed by atoms with Gasteiger partial charge in [-0.05, 0) is 36.5 Å². The number of fused-ring (bicyclic) bond motifs is 1. The van der Waals surface area contributed by atoms with Crippen molar-refractivity contribution in [2.45, 2.75) is 32.1 Å². The molecule has 0 aromatic heterocycles. The molecule has 0 radical (unpaired) electrons. The van der Waals surface area contributed by atoms with Crippen LogP contribution < -0.4 is 5.32 Å². The van der Waals surface area contributed by atoms with Crippen molar-refractivity contribution in [3.8, 4) is 0 Å². The van der Waals surface area contributed by atoms with Crippen molar-refractivity contribution >= 4 is 29.2 Å². The summed E-state index contributed by atoms with van der Waals surface area (Å²) in [5.41, 5.74) is 2.74. The second kappa shape index (κ2) is 5.40. The highest BCUT2D eigenvalue weighted by atomic mass is 35.5. The zero-order chi connectivity index (χ0) is 13.1. The zero-order valence-electron chi connectivity index (χ0n) is 9.83. The monoisotopic (exact) mass is 267 g/mol. The fraction of sp³-hybridized carbons (Fsp3) is 0.385. The molecule has 1 heterocycles. The average Bonchev–Trinajstić information content (AvgIpc) is 2.63. The van der Waals surface area contributed by atoms with Crippen LogP contribution in [0, 0.1) is 0 Å². The van der Waals surface area contributed by atoms with Gasteiger partial charge in [-0.1, -0.05) is 17.7 Å². The Hall–Kier alpha value is -1.55. The first kappa shape index (κ1) is 12.9. The molecule has 0 aliphatic carbocycles. The molecule has 1 amide bonds. The quantitative estimate of drug-likeness (QED) is 0.806. The number of aryl methyl sites for hydroxylation is 1. The maximum absolute atomic E-state index is 11.2. The molecule has 96 valence electrons. The van der Waals surface area contributed by atoms with Gasteiger partial charge in [0.05, 0.1) is 6.42 Å². The molecule has 1 aliphatic heterocycles. The third-order valence-corrected chi connectivity index (χ3v) is 3.34. The maximum Gasteiger partial charge on any atom is 0.303 e. The molecule has 0 atom stereocenters. The topological polar surface area (TPSA) is 66.4 Å². The Morgan fingerprint density at radius 1 is 1.39 bits per heavy atom. The van der Waals surface area contributed by atoms with Crippen molar-refractivity contribution < 1.29 is 14.7 Å². The molecule has 1 aromatic carbocycles. The van der Waals surface area contributed by atoms with Gasteiger partial charge in [0.25, 0.3) is 0 Å². The summed E-state index contributed by atoms with van der Waals surface area (Å²) in [7, 11) is 0. The summed E-state index contributed by atoms with van der Waals surface area (Å²) >= 11 is 6.13. The lowest BCUT2D eigenvalue weighted by molar-refractivity contribution is -0.137. The van der Waals surface area contributed by atoms with Crippen molar-refractivity contribution in [1.29, 1.82) is 0 Å². The van der Waals surface area contributed by atoms with Gasteiger partial charge in [0.15, 0.2) is 0 Å². The number of hydrogen-bond donors (Lipinski definition) is 2. The molecule has 4 nitrogen and oxygen atoms in total. The van der Waals surface area contributed by atoms with E-state index in [1.165, 1.54) is 0 Å². The molecule has 0 saturated carbocycles. The fourth-order valence-electron chi connectivity index (χ4n) is 2.08. The molecule has 2 rings (SSSR count).